The maximum absolute atomic E-state index is 4.21. The van der Waals surface area contributed by atoms with E-state index >= 15 is 0 Å². The zero-order chi connectivity index (χ0) is 10.7. The minimum atomic E-state index is 0.927. The number of nitrogens with zero attached hydrogens (tertiary/aromatic N) is 2. The van der Waals surface area contributed by atoms with Gasteiger partial charge >= 0.3 is 0 Å². The fourth-order valence-corrected chi connectivity index (χ4v) is 2.50. The first kappa shape index (κ1) is 10.6. The van der Waals surface area contributed by atoms with Crippen LogP contribution in [0.5, 0.6) is 0 Å². The molecule has 0 unspecified atom stereocenters. The second-order valence-corrected chi connectivity index (χ2v) is 5.01. The number of aromatic nitrogens is 2. The van der Waals surface area contributed by atoms with Gasteiger partial charge in [-0.25, -0.2) is 9.97 Å². The Balaban J connectivity index is 2.26. The van der Waals surface area contributed by atoms with Gasteiger partial charge in [0.05, 0.1) is 4.47 Å². The fraction of sp³-hybridized carbons (Fsp3) is 0.0909. The lowest BCUT2D eigenvalue weighted by atomic mass is 10.2. The lowest BCUT2D eigenvalue weighted by molar-refractivity contribution is 1.02. The van der Waals surface area contributed by atoms with E-state index in [-0.39, 0.29) is 0 Å². The molecule has 0 aliphatic heterocycles. The summed E-state index contributed by atoms with van der Waals surface area (Å²) in [5.41, 5.74) is 1.25. The summed E-state index contributed by atoms with van der Waals surface area (Å²) in [5.74, 6) is 0. The molecule has 0 bridgehead atoms. The van der Waals surface area contributed by atoms with E-state index in [2.05, 4.69) is 51.0 Å². The summed E-state index contributed by atoms with van der Waals surface area (Å²) in [7, 11) is 0. The highest BCUT2D eigenvalue weighted by Gasteiger charge is 2.03. The molecule has 76 valence electrons. The van der Waals surface area contributed by atoms with E-state index in [9.17, 15) is 0 Å². The van der Waals surface area contributed by atoms with Crippen LogP contribution in [0.2, 0.25) is 0 Å². The van der Waals surface area contributed by atoms with E-state index in [1.807, 2.05) is 6.07 Å². The molecule has 0 radical (unpaired) electrons. The molecule has 1 heterocycles. The number of halogens is 1. The van der Waals surface area contributed by atoms with Gasteiger partial charge in [0.25, 0.3) is 0 Å². The molecule has 0 amide bonds. The van der Waals surface area contributed by atoms with E-state index in [4.69, 9.17) is 0 Å². The van der Waals surface area contributed by atoms with Crippen LogP contribution >= 0.6 is 27.7 Å². The third-order valence-corrected chi connectivity index (χ3v) is 3.69. The van der Waals surface area contributed by atoms with Crippen LogP contribution in [0.1, 0.15) is 5.56 Å². The molecule has 1 aromatic carbocycles. The van der Waals surface area contributed by atoms with Gasteiger partial charge in [0, 0.05) is 11.1 Å². The van der Waals surface area contributed by atoms with E-state index in [0.717, 1.165) is 9.50 Å². The van der Waals surface area contributed by atoms with Crippen LogP contribution in [0.15, 0.2) is 51.2 Å². The van der Waals surface area contributed by atoms with Crippen molar-refractivity contribution >= 4 is 27.7 Å². The van der Waals surface area contributed by atoms with E-state index in [0.29, 0.717) is 0 Å². The van der Waals surface area contributed by atoms with Crippen molar-refractivity contribution in [1.29, 1.82) is 0 Å². The minimum absolute atomic E-state index is 0.927. The molecule has 2 aromatic rings. The van der Waals surface area contributed by atoms with Gasteiger partial charge in [-0.1, -0.05) is 29.5 Å². The van der Waals surface area contributed by atoms with Crippen LogP contribution in [0, 0.1) is 6.92 Å². The topological polar surface area (TPSA) is 25.8 Å². The highest BCUT2D eigenvalue weighted by molar-refractivity contribution is 9.10. The number of benzene rings is 1. The molecule has 0 aliphatic carbocycles. The van der Waals surface area contributed by atoms with Crippen LogP contribution in [-0.4, -0.2) is 9.97 Å². The summed E-state index contributed by atoms with van der Waals surface area (Å²) in [6, 6.07) is 8.34. The Labute approximate surface area is 101 Å². The number of hydrogen-bond donors (Lipinski definition) is 0. The second-order valence-electron chi connectivity index (χ2n) is 3.09. The third-order valence-electron chi connectivity index (χ3n) is 1.84. The molecule has 2 nitrogen and oxygen atoms in total. The van der Waals surface area contributed by atoms with Crippen LogP contribution in [0.25, 0.3) is 0 Å². The van der Waals surface area contributed by atoms with E-state index < -0.39 is 0 Å². The fourth-order valence-electron chi connectivity index (χ4n) is 1.17. The molecular weight excluding hydrogens is 272 g/mol. The van der Waals surface area contributed by atoms with Gasteiger partial charge in [-0.05, 0) is 35.0 Å². The highest BCUT2D eigenvalue weighted by atomic mass is 79.9. The Morgan fingerprint density at radius 3 is 2.93 bits per heavy atom. The Morgan fingerprint density at radius 1 is 1.33 bits per heavy atom. The molecule has 4 heteroatoms. The Kier molecular flexibility index (Phi) is 3.38. The molecular formula is C11H9BrN2S. The second kappa shape index (κ2) is 4.77. The van der Waals surface area contributed by atoms with Gasteiger partial charge in [0.1, 0.15) is 11.4 Å². The molecule has 0 N–H and O–H groups in total. The quantitative estimate of drug-likeness (QED) is 0.785. The van der Waals surface area contributed by atoms with Gasteiger partial charge in [0.15, 0.2) is 0 Å². The molecule has 0 aliphatic rings. The normalized spacial score (nSPS) is 10.3. The van der Waals surface area contributed by atoms with E-state index in [1.165, 1.54) is 10.5 Å². The van der Waals surface area contributed by atoms with Gasteiger partial charge in [-0.3, -0.25) is 0 Å². The molecule has 0 spiro atoms. The SMILES string of the molecule is Cc1cccc(Sc2ncncc2Br)c1. The number of rotatable bonds is 2. The average Bonchev–Trinajstić information content (AvgIpc) is 2.22. The largest absolute Gasteiger partial charge is 0.244 e. The van der Waals surface area contributed by atoms with Crippen molar-refractivity contribution in [2.45, 2.75) is 16.8 Å². The Bertz CT molecular complexity index is 474. The molecule has 0 saturated heterocycles. The summed E-state index contributed by atoms with van der Waals surface area (Å²) in [6.07, 6.45) is 3.31. The summed E-state index contributed by atoms with van der Waals surface area (Å²) >= 11 is 5.06. The zero-order valence-electron chi connectivity index (χ0n) is 8.14. The first-order valence-corrected chi connectivity index (χ1v) is 6.06. The number of aryl methyl sites for hydroxylation is 1. The van der Waals surface area contributed by atoms with Gasteiger partial charge in [0.2, 0.25) is 0 Å². The molecule has 2 rings (SSSR count). The van der Waals surface area contributed by atoms with Crippen molar-refractivity contribution in [3.63, 3.8) is 0 Å². The maximum atomic E-state index is 4.21. The van der Waals surface area contributed by atoms with Gasteiger partial charge in [-0.2, -0.15) is 0 Å². The van der Waals surface area contributed by atoms with Crippen LogP contribution in [0.4, 0.5) is 0 Å². The minimum Gasteiger partial charge on any atom is -0.244 e. The first-order chi connectivity index (χ1) is 7.25. The van der Waals surface area contributed by atoms with Crippen molar-refractivity contribution in [2.75, 3.05) is 0 Å². The van der Waals surface area contributed by atoms with Crippen LogP contribution in [-0.2, 0) is 0 Å². The molecule has 1 aromatic heterocycles. The monoisotopic (exact) mass is 280 g/mol. The zero-order valence-corrected chi connectivity index (χ0v) is 10.5. The molecule has 0 saturated carbocycles. The predicted molar refractivity (Wildman–Crippen MR) is 65.0 cm³/mol. The molecule has 0 atom stereocenters. The van der Waals surface area contributed by atoms with Gasteiger partial charge < -0.3 is 0 Å². The van der Waals surface area contributed by atoms with Crippen molar-refractivity contribution in [3.05, 3.63) is 46.8 Å². The van der Waals surface area contributed by atoms with Crippen LogP contribution in [0.3, 0.4) is 0 Å². The lowest BCUT2D eigenvalue weighted by Gasteiger charge is -2.02. The Morgan fingerprint density at radius 2 is 2.20 bits per heavy atom. The lowest BCUT2D eigenvalue weighted by Crippen LogP contribution is -1.83. The van der Waals surface area contributed by atoms with Crippen molar-refractivity contribution in [1.82, 2.24) is 9.97 Å². The third kappa shape index (κ3) is 2.79. The average molecular weight is 281 g/mol. The first-order valence-electron chi connectivity index (χ1n) is 4.46. The van der Waals surface area contributed by atoms with E-state index in [1.54, 1.807) is 24.3 Å². The van der Waals surface area contributed by atoms with Crippen molar-refractivity contribution < 1.29 is 0 Å². The maximum Gasteiger partial charge on any atom is 0.118 e. The standard InChI is InChI=1S/C11H9BrN2S/c1-8-3-2-4-9(5-8)15-11-10(12)6-13-7-14-11/h2-7H,1H3. The van der Waals surface area contributed by atoms with Crippen LogP contribution < -0.4 is 0 Å². The summed E-state index contributed by atoms with van der Waals surface area (Å²) in [4.78, 5) is 9.33. The summed E-state index contributed by atoms with van der Waals surface area (Å²) < 4.78 is 0.927. The molecule has 0 fully saturated rings. The van der Waals surface area contributed by atoms with Crippen molar-refractivity contribution in [2.24, 2.45) is 0 Å². The van der Waals surface area contributed by atoms with Crippen molar-refractivity contribution in [3.8, 4) is 0 Å². The Hall–Kier alpha value is -0.870. The summed E-state index contributed by atoms with van der Waals surface area (Å²) in [5, 5.41) is 0.940. The number of hydrogen-bond acceptors (Lipinski definition) is 3. The smallest absolute Gasteiger partial charge is 0.118 e. The predicted octanol–water partition coefficient (Wildman–Crippen LogP) is 3.70. The highest BCUT2D eigenvalue weighted by Crippen LogP contribution is 2.30. The molecule has 15 heavy (non-hydrogen) atoms. The van der Waals surface area contributed by atoms with Gasteiger partial charge in [-0.15, -0.1) is 0 Å². The summed E-state index contributed by atoms with van der Waals surface area (Å²) in [6.45, 7) is 2.08.